The molecule has 2 aromatic rings. The Morgan fingerprint density at radius 1 is 1.05 bits per heavy atom. The third-order valence-corrected chi connectivity index (χ3v) is 9.80. The zero-order valence-electron chi connectivity index (χ0n) is 22.9. The lowest BCUT2D eigenvalue weighted by molar-refractivity contribution is -0.146. The molecule has 11 heteroatoms. The summed E-state index contributed by atoms with van der Waals surface area (Å²) in [5.74, 6) is 0.501. The number of benzene rings is 2. The average Bonchev–Trinajstić information content (AvgIpc) is 3.37. The third-order valence-electron chi connectivity index (χ3n) is 7.90. The number of methoxy groups -OCH3 is 1. The maximum absolute atomic E-state index is 13.7. The van der Waals surface area contributed by atoms with E-state index in [4.69, 9.17) is 14.2 Å². The number of nitrogens with zero attached hydrogens (tertiary/aromatic N) is 2. The number of carbonyl (C=O) groups excluding carboxylic acids is 1. The molecule has 40 heavy (non-hydrogen) atoms. The number of amides is 1. The van der Waals surface area contributed by atoms with Crippen LogP contribution < -0.4 is 10.1 Å². The number of hydrogen-bond acceptors (Lipinski definition) is 8. The van der Waals surface area contributed by atoms with Crippen molar-refractivity contribution in [2.45, 2.75) is 67.5 Å². The lowest BCUT2D eigenvalue weighted by Gasteiger charge is -2.43. The Kier molecular flexibility index (Phi) is 9.39. The fourth-order valence-electron chi connectivity index (χ4n) is 5.88. The summed E-state index contributed by atoms with van der Waals surface area (Å²) in [5.41, 5.74) is 1.26. The molecule has 3 aliphatic heterocycles. The van der Waals surface area contributed by atoms with Crippen molar-refractivity contribution in [3.8, 4) is 5.75 Å². The van der Waals surface area contributed by atoms with Gasteiger partial charge in [0.1, 0.15) is 5.75 Å². The quantitative estimate of drug-likeness (QED) is 0.491. The molecule has 0 unspecified atom stereocenters. The van der Waals surface area contributed by atoms with Crippen LogP contribution in [0.2, 0.25) is 0 Å². The molecule has 3 aliphatic rings. The molecule has 0 aliphatic carbocycles. The lowest BCUT2D eigenvalue weighted by atomic mass is 9.96. The Morgan fingerprint density at radius 3 is 2.58 bits per heavy atom. The standard InChI is InChI=1S/C29H39N3O7S/c1-37-24-7-10-26(11-8-24)40(35,36)32-18-23(33)19-38-20-28-27(32)12-9-25(39-28)15-29(34)30-22-13-14-31(17-22)16-21-5-3-2-4-6-21/h2-8,10-11,22-23,25,27-28,33H,9,12-20H2,1H3,(H,30,34)/t22-,23+,25-,27+,28-/m1/s1. The smallest absolute Gasteiger partial charge is 0.243 e. The minimum absolute atomic E-state index is 0.00747. The first kappa shape index (κ1) is 29.0. The third kappa shape index (κ3) is 7.02. The van der Waals surface area contributed by atoms with Crippen LogP contribution in [0.5, 0.6) is 5.75 Å². The molecule has 1 amide bonds. The Balaban J connectivity index is 1.18. The van der Waals surface area contributed by atoms with Crippen LogP contribution in [0.15, 0.2) is 59.5 Å². The van der Waals surface area contributed by atoms with E-state index in [0.717, 1.165) is 26.1 Å². The van der Waals surface area contributed by atoms with Gasteiger partial charge < -0.3 is 24.6 Å². The molecule has 3 heterocycles. The maximum atomic E-state index is 13.7. The number of fused-ring (bicyclic) bond motifs is 1. The number of carbonyl (C=O) groups is 1. The van der Waals surface area contributed by atoms with Gasteiger partial charge in [0.05, 0.1) is 56.0 Å². The number of hydrogen-bond donors (Lipinski definition) is 2. The van der Waals surface area contributed by atoms with Crippen LogP contribution >= 0.6 is 0 Å². The van der Waals surface area contributed by atoms with Crippen molar-refractivity contribution in [1.82, 2.24) is 14.5 Å². The molecule has 0 aromatic heterocycles. The molecule has 0 spiro atoms. The average molecular weight is 574 g/mol. The van der Waals surface area contributed by atoms with E-state index in [2.05, 4.69) is 22.3 Å². The maximum Gasteiger partial charge on any atom is 0.243 e. The van der Waals surface area contributed by atoms with E-state index in [1.807, 2.05) is 18.2 Å². The van der Waals surface area contributed by atoms with E-state index in [0.29, 0.717) is 18.6 Å². The Bertz CT molecular complexity index is 1230. The number of ether oxygens (including phenoxy) is 3. The molecular weight excluding hydrogens is 534 g/mol. The van der Waals surface area contributed by atoms with Crippen LogP contribution in [0.1, 0.15) is 31.2 Å². The van der Waals surface area contributed by atoms with Gasteiger partial charge in [-0.15, -0.1) is 0 Å². The summed E-state index contributed by atoms with van der Waals surface area (Å²) in [5, 5.41) is 13.6. The van der Waals surface area contributed by atoms with E-state index >= 15 is 0 Å². The van der Waals surface area contributed by atoms with E-state index in [1.54, 1.807) is 12.1 Å². The summed E-state index contributed by atoms with van der Waals surface area (Å²) < 4.78 is 45.8. The minimum Gasteiger partial charge on any atom is -0.497 e. The highest BCUT2D eigenvalue weighted by molar-refractivity contribution is 7.89. The number of nitrogens with one attached hydrogen (secondary N) is 1. The minimum atomic E-state index is -3.92. The fourth-order valence-corrected chi connectivity index (χ4v) is 7.60. The van der Waals surface area contributed by atoms with Gasteiger partial charge in [-0.05, 0) is 49.1 Å². The summed E-state index contributed by atoms with van der Waals surface area (Å²) in [4.78, 5) is 15.4. The number of β-amino-alcohol motifs (C(OH)–C–C–N with tert-alkyl or cyclic N) is 1. The zero-order valence-corrected chi connectivity index (χ0v) is 23.7. The molecule has 0 saturated carbocycles. The number of aliphatic hydroxyl groups excluding tert-OH is 1. The SMILES string of the molecule is COc1ccc(S(=O)(=O)N2C[C@H](O)COC[C@H]3O[C@@H](CC(=O)N[C@@H]4CCN(Cc5ccccc5)C4)CC[C@@H]32)cc1. The number of sulfonamides is 1. The predicted octanol–water partition coefficient (Wildman–Crippen LogP) is 1.77. The van der Waals surface area contributed by atoms with Crippen molar-refractivity contribution in [3.63, 3.8) is 0 Å². The van der Waals surface area contributed by atoms with Crippen molar-refractivity contribution in [3.05, 3.63) is 60.2 Å². The molecule has 0 bridgehead atoms. The van der Waals surface area contributed by atoms with Crippen LogP contribution in [-0.2, 0) is 30.8 Å². The Morgan fingerprint density at radius 2 is 1.82 bits per heavy atom. The molecule has 2 aromatic carbocycles. The van der Waals surface area contributed by atoms with Crippen molar-refractivity contribution < 1.29 is 32.5 Å². The summed E-state index contributed by atoms with van der Waals surface area (Å²) in [6.07, 6.45) is 0.328. The van der Waals surface area contributed by atoms with Gasteiger partial charge in [0.2, 0.25) is 15.9 Å². The molecule has 218 valence electrons. The van der Waals surface area contributed by atoms with Gasteiger partial charge in [-0.2, -0.15) is 4.31 Å². The van der Waals surface area contributed by atoms with Crippen LogP contribution in [0.4, 0.5) is 0 Å². The van der Waals surface area contributed by atoms with Gasteiger partial charge in [0, 0.05) is 32.2 Å². The van der Waals surface area contributed by atoms with Crippen LogP contribution in [0, 0.1) is 0 Å². The van der Waals surface area contributed by atoms with Crippen LogP contribution in [0.3, 0.4) is 0 Å². The summed E-state index contributed by atoms with van der Waals surface area (Å²) >= 11 is 0. The molecule has 2 N–H and O–H groups in total. The number of likely N-dealkylation sites (tertiary alicyclic amines) is 1. The monoisotopic (exact) mass is 573 g/mol. The molecular formula is C29H39N3O7S. The fraction of sp³-hybridized carbons (Fsp3) is 0.552. The van der Waals surface area contributed by atoms with Gasteiger partial charge in [-0.1, -0.05) is 30.3 Å². The Labute approximate surface area is 236 Å². The second-order valence-electron chi connectivity index (χ2n) is 10.9. The van der Waals surface area contributed by atoms with E-state index < -0.39 is 28.3 Å². The van der Waals surface area contributed by atoms with Gasteiger partial charge in [0.25, 0.3) is 0 Å². The highest BCUT2D eigenvalue weighted by Crippen LogP contribution is 2.32. The van der Waals surface area contributed by atoms with Gasteiger partial charge in [-0.3, -0.25) is 9.69 Å². The van der Waals surface area contributed by atoms with E-state index in [-0.39, 0.29) is 49.1 Å². The molecule has 5 atom stereocenters. The number of rotatable bonds is 8. The van der Waals surface area contributed by atoms with Crippen molar-refractivity contribution in [1.29, 1.82) is 0 Å². The topological polar surface area (TPSA) is 118 Å². The van der Waals surface area contributed by atoms with Gasteiger partial charge in [0.15, 0.2) is 0 Å². The van der Waals surface area contributed by atoms with Crippen molar-refractivity contribution in [2.24, 2.45) is 0 Å². The van der Waals surface area contributed by atoms with Crippen LogP contribution in [0.25, 0.3) is 0 Å². The van der Waals surface area contributed by atoms with Crippen molar-refractivity contribution in [2.75, 3.05) is 40.0 Å². The predicted molar refractivity (Wildman–Crippen MR) is 148 cm³/mol. The number of aliphatic hydroxyl groups is 1. The highest BCUT2D eigenvalue weighted by atomic mass is 32.2. The largest absolute Gasteiger partial charge is 0.497 e. The lowest BCUT2D eigenvalue weighted by Crippen LogP contribution is -2.57. The summed E-state index contributed by atoms with van der Waals surface area (Å²) in [6.45, 7) is 2.67. The molecule has 3 saturated heterocycles. The zero-order chi connectivity index (χ0) is 28.1. The van der Waals surface area contributed by atoms with Gasteiger partial charge >= 0.3 is 0 Å². The van der Waals surface area contributed by atoms with E-state index in [1.165, 1.54) is 29.1 Å². The summed E-state index contributed by atoms with van der Waals surface area (Å²) in [7, 11) is -2.39. The normalized spacial score (nSPS) is 28.3. The van der Waals surface area contributed by atoms with Gasteiger partial charge in [-0.25, -0.2) is 8.42 Å². The first-order chi connectivity index (χ1) is 19.3. The molecule has 5 rings (SSSR count). The second kappa shape index (κ2) is 13.0. The second-order valence-corrected chi connectivity index (χ2v) is 12.8. The summed E-state index contributed by atoms with van der Waals surface area (Å²) in [6, 6.07) is 16.1. The molecule has 0 radical (unpaired) electrons. The molecule has 3 fully saturated rings. The molecule has 10 nitrogen and oxygen atoms in total. The first-order valence-corrected chi connectivity index (χ1v) is 15.4. The Hall–Kier alpha value is -2.54. The highest BCUT2D eigenvalue weighted by Gasteiger charge is 2.43. The first-order valence-electron chi connectivity index (χ1n) is 13.9. The van der Waals surface area contributed by atoms with Crippen LogP contribution in [-0.4, -0.2) is 99.0 Å². The van der Waals surface area contributed by atoms with E-state index in [9.17, 15) is 18.3 Å². The van der Waals surface area contributed by atoms with Crippen molar-refractivity contribution >= 4 is 15.9 Å².